The van der Waals surface area contributed by atoms with E-state index < -0.39 is 17.9 Å². The highest BCUT2D eigenvalue weighted by atomic mass is 35.5. The Labute approximate surface area is 193 Å². The van der Waals surface area contributed by atoms with E-state index in [1.54, 1.807) is 24.1 Å². The van der Waals surface area contributed by atoms with Gasteiger partial charge >= 0.3 is 12.1 Å². The monoisotopic (exact) mass is 475 g/mol. The molecule has 174 valence electrons. The third-order valence-corrected chi connectivity index (χ3v) is 5.54. The molecular weight excluding hydrogens is 453 g/mol. The zero-order chi connectivity index (χ0) is 23.4. The zero-order valence-electron chi connectivity index (χ0n) is 17.9. The molecule has 4 heterocycles. The lowest BCUT2D eigenvalue weighted by Crippen LogP contribution is -2.48. The quantitative estimate of drug-likeness (QED) is 0.512. The van der Waals surface area contributed by atoms with Gasteiger partial charge < -0.3 is 19.9 Å². The number of anilines is 1. The number of hydrogen-bond donors (Lipinski definition) is 3. The van der Waals surface area contributed by atoms with E-state index in [0.29, 0.717) is 41.7 Å². The number of H-pyrrole nitrogens is 1. The van der Waals surface area contributed by atoms with Crippen molar-refractivity contribution >= 4 is 40.6 Å². The lowest BCUT2D eigenvalue weighted by atomic mass is 9.98. The number of aromatic nitrogens is 4. The number of ether oxygens (including phenoxy) is 1. The Morgan fingerprint density at radius 3 is 3.03 bits per heavy atom. The minimum absolute atomic E-state index is 0.0561. The van der Waals surface area contributed by atoms with Crippen LogP contribution in [-0.2, 0) is 4.74 Å². The lowest BCUT2D eigenvalue weighted by molar-refractivity contribution is 0.139. The van der Waals surface area contributed by atoms with Gasteiger partial charge in [0.1, 0.15) is 5.65 Å². The van der Waals surface area contributed by atoms with E-state index in [9.17, 15) is 14.0 Å². The van der Waals surface area contributed by atoms with E-state index in [0.717, 1.165) is 24.4 Å². The minimum Gasteiger partial charge on any atom is -0.450 e. The lowest BCUT2D eigenvalue weighted by Gasteiger charge is -2.32. The molecule has 1 fully saturated rings. The molecule has 0 spiro atoms. The van der Waals surface area contributed by atoms with Crippen LogP contribution >= 0.6 is 11.6 Å². The van der Waals surface area contributed by atoms with Crippen molar-refractivity contribution in [2.75, 3.05) is 31.6 Å². The van der Waals surface area contributed by atoms with Crippen LogP contribution < -0.4 is 10.6 Å². The molecule has 1 aliphatic heterocycles. The van der Waals surface area contributed by atoms with Gasteiger partial charge in [-0.05, 0) is 31.7 Å². The second-order valence-corrected chi connectivity index (χ2v) is 8.06. The smallest absolute Gasteiger partial charge is 0.415 e. The third kappa shape index (κ3) is 5.30. The molecule has 12 heteroatoms. The molecule has 1 saturated heterocycles. The first-order chi connectivity index (χ1) is 15.9. The first-order valence-corrected chi connectivity index (χ1v) is 10.9. The molecular formula is C21H23ClFN7O3. The standard InChI is InChI=1S/C21H23ClFN7O3/c1-2-33-21(32)29-20(31)30-5-3-4-12(11-30)7-24-19-16(23)10-27-18(28-19)15-9-26-17-14(15)6-13(22)8-25-17/h6,8-10,12H,2-5,7,11H2,1H3,(H,25,26)(H,24,27,28)(H,29,31,32)/t12-/m0/s1. The molecule has 33 heavy (non-hydrogen) atoms. The molecule has 1 aliphatic rings. The normalized spacial score (nSPS) is 16.0. The van der Waals surface area contributed by atoms with Crippen LogP contribution in [0.1, 0.15) is 19.8 Å². The van der Waals surface area contributed by atoms with Crippen LogP contribution in [-0.4, -0.2) is 63.2 Å². The van der Waals surface area contributed by atoms with Crippen molar-refractivity contribution in [1.82, 2.24) is 30.2 Å². The number of pyridine rings is 1. The van der Waals surface area contributed by atoms with E-state index in [1.807, 2.05) is 0 Å². The van der Waals surface area contributed by atoms with Crippen molar-refractivity contribution in [2.45, 2.75) is 19.8 Å². The number of aromatic amines is 1. The Hall–Kier alpha value is -3.47. The van der Waals surface area contributed by atoms with Crippen LogP contribution in [0.5, 0.6) is 0 Å². The predicted octanol–water partition coefficient (Wildman–Crippen LogP) is 3.80. The van der Waals surface area contributed by atoms with Gasteiger partial charge in [-0.15, -0.1) is 0 Å². The summed E-state index contributed by atoms with van der Waals surface area (Å²) in [7, 11) is 0. The molecule has 4 rings (SSSR count). The highest BCUT2D eigenvalue weighted by Crippen LogP contribution is 2.28. The Balaban J connectivity index is 1.42. The van der Waals surface area contributed by atoms with Crippen LogP contribution in [0.2, 0.25) is 5.02 Å². The van der Waals surface area contributed by atoms with Gasteiger partial charge in [-0.2, -0.15) is 0 Å². The largest absolute Gasteiger partial charge is 0.450 e. The number of fused-ring (bicyclic) bond motifs is 1. The van der Waals surface area contributed by atoms with Crippen LogP contribution in [0.15, 0.2) is 24.7 Å². The molecule has 1 atom stereocenters. The number of nitrogens with one attached hydrogen (secondary N) is 3. The second-order valence-electron chi connectivity index (χ2n) is 7.63. The molecule has 0 saturated carbocycles. The molecule has 0 unspecified atom stereocenters. The van der Waals surface area contributed by atoms with Gasteiger partial charge in [-0.3, -0.25) is 0 Å². The summed E-state index contributed by atoms with van der Waals surface area (Å²) in [4.78, 5) is 41.0. The number of alkyl carbamates (subject to hydrolysis) is 1. The van der Waals surface area contributed by atoms with Crippen molar-refractivity contribution in [3.63, 3.8) is 0 Å². The fraction of sp³-hybridized carbons (Fsp3) is 0.381. The number of halogens is 2. The first kappa shape index (κ1) is 22.7. The maximum absolute atomic E-state index is 14.4. The Morgan fingerprint density at radius 1 is 1.36 bits per heavy atom. The molecule has 3 aromatic heterocycles. The molecule has 0 bridgehead atoms. The van der Waals surface area contributed by atoms with Crippen molar-refractivity contribution in [3.05, 3.63) is 35.5 Å². The minimum atomic E-state index is -0.771. The van der Waals surface area contributed by atoms with Gasteiger partial charge in [0.05, 0.1) is 17.8 Å². The first-order valence-electron chi connectivity index (χ1n) is 10.6. The summed E-state index contributed by atoms with van der Waals surface area (Å²) >= 11 is 6.06. The van der Waals surface area contributed by atoms with Crippen LogP contribution in [0, 0.1) is 11.7 Å². The highest BCUT2D eigenvalue weighted by molar-refractivity contribution is 6.31. The summed E-state index contributed by atoms with van der Waals surface area (Å²) in [5.74, 6) is -0.131. The summed E-state index contributed by atoms with van der Waals surface area (Å²) in [6, 6.07) is 1.24. The average molecular weight is 476 g/mol. The number of rotatable bonds is 5. The van der Waals surface area contributed by atoms with E-state index in [4.69, 9.17) is 16.3 Å². The number of carbonyl (C=O) groups excluding carboxylic acids is 2. The number of nitrogens with zero attached hydrogens (tertiary/aromatic N) is 4. The number of likely N-dealkylation sites (tertiary alicyclic amines) is 1. The van der Waals surface area contributed by atoms with E-state index >= 15 is 0 Å². The van der Waals surface area contributed by atoms with Crippen LogP contribution in [0.25, 0.3) is 22.4 Å². The number of carbonyl (C=O) groups is 2. The topological polar surface area (TPSA) is 125 Å². The molecule has 0 aromatic carbocycles. The fourth-order valence-electron chi connectivity index (χ4n) is 3.77. The fourth-order valence-corrected chi connectivity index (χ4v) is 3.93. The summed E-state index contributed by atoms with van der Waals surface area (Å²) in [6.07, 6.45) is 5.19. The summed E-state index contributed by atoms with van der Waals surface area (Å²) < 4.78 is 19.2. The molecule has 10 nitrogen and oxygen atoms in total. The molecule has 3 amide bonds. The van der Waals surface area contributed by atoms with E-state index in [2.05, 4.69) is 30.6 Å². The van der Waals surface area contributed by atoms with Gasteiger partial charge in [0.25, 0.3) is 0 Å². The van der Waals surface area contributed by atoms with Gasteiger partial charge in [0.15, 0.2) is 17.5 Å². The molecule has 3 N–H and O–H groups in total. The van der Waals surface area contributed by atoms with Crippen molar-refractivity contribution < 1.29 is 18.7 Å². The molecule has 3 aromatic rings. The summed E-state index contributed by atoms with van der Waals surface area (Å²) in [5, 5.41) is 6.44. The van der Waals surface area contributed by atoms with Crippen LogP contribution in [0.3, 0.4) is 0 Å². The third-order valence-electron chi connectivity index (χ3n) is 5.33. The van der Waals surface area contributed by atoms with Crippen molar-refractivity contribution in [1.29, 1.82) is 0 Å². The predicted molar refractivity (Wildman–Crippen MR) is 120 cm³/mol. The van der Waals surface area contributed by atoms with Gasteiger partial charge in [-0.25, -0.2) is 34.2 Å². The maximum Gasteiger partial charge on any atom is 0.415 e. The summed E-state index contributed by atoms with van der Waals surface area (Å²) in [5.41, 5.74) is 1.28. The van der Waals surface area contributed by atoms with Crippen molar-refractivity contribution in [2.24, 2.45) is 5.92 Å². The maximum atomic E-state index is 14.4. The molecule has 0 radical (unpaired) electrons. The van der Waals surface area contributed by atoms with Crippen LogP contribution in [0.4, 0.5) is 19.8 Å². The molecule has 0 aliphatic carbocycles. The number of amides is 3. The summed E-state index contributed by atoms with van der Waals surface area (Å²) in [6.45, 7) is 3.20. The number of imide groups is 1. The van der Waals surface area contributed by atoms with Crippen molar-refractivity contribution in [3.8, 4) is 11.4 Å². The van der Waals surface area contributed by atoms with E-state index in [1.165, 1.54) is 6.20 Å². The number of piperidine rings is 1. The number of hydrogen-bond acceptors (Lipinski definition) is 7. The second kappa shape index (κ2) is 9.99. The Kier molecular flexibility index (Phi) is 6.87. The Bertz CT molecular complexity index is 1170. The van der Waals surface area contributed by atoms with E-state index in [-0.39, 0.29) is 18.3 Å². The van der Waals surface area contributed by atoms with Gasteiger partial charge in [0, 0.05) is 43.0 Å². The Morgan fingerprint density at radius 2 is 2.21 bits per heavy atom. The zero-order valence-corrected chi connectivity index (χ0v) is 18.7. The average Bonchev–Trinajstić information content (AvgIpc) is 3.22. The highest BCUT2D eigenvalue weighted by Gasteiger charge is 2.25. The van der Waals surface area contributed by atoms with Gasteiger partial charge in [0.2, 0.25) is 0 Å². The SMILES string of the molecule is CCOC(=O)NC(=O)N1CCC[C@@H](CNc2nc(-c3c[nH]c4ncc(Cl)cc34)ncc2F)C1. The van der Waals surface area contributed by atoms with Gasteiger partial charge in [-0.1, -0.05) is 11.6 Å². The number of urea groups is 1.